The minimum Gasteiger partial charge on any atom is -0.481 e. The van der Waals surface area contributed by atoms with E-state index < -0.39 is 5.97 Å². The quantitative estimate of drug-likeness (QED) is 0.846. The van der Waals surface area contributed by atoms with Crippen LogP contribution in [-0.4, -0.2) is 23.7 Å². The SMILES string of the molecule is CC(Cc1ccc(F)cc1)NCC1CCCCC1C(=O)O. The molecule has 1 aliphatic rings. The third-order valence-corrected chi connectivity index (χ3v) is 4.41. The van der Waals surface area contributed by atoms with E-state index in [1.54, 1.807) is 12.1 Å². The van der Waals surface area contributed by atoms with Gasteiger partial charge in [0.05, 0.1) is 5.92 Å². The highest BCUT2D eigenvalue weighted by molar-refractivity contribution is 5.70. The Morgan fingerprint density at radius 2 is 2.00 bits per heavy atom. The number of carboxylic acid groups (broad SMARTS) is 1. The number of halogens is 1. The molecule has 21 heavy (non-hydrogen) atoms. The zero-order valence-electron chi connectivity index (χ0n) is 12.5. The van der Waals surface area contributed by atoms with Gasteiger partial charge in [-0.05, 0) is 56.3 Å². The molecule has 2 rings (SSSR count). The van der Waals surface area contributed by atoms with Gasteiger partial charge in [-0.25, -0.2) is 4.39 Å². The van der Waals surface area contributed by atoms with Crippen LogP contribution in [0.2, 0.25) is 0 Å². The Kier molecular flexibility index (Phi) is 5.74. The minimum absolute atomic E-state index is 0.204. The molecular formula is C17H24FNO2. The normalized spacial score (nSPS) is 23.7. The van der Waals surface area contributed by atoms with Crippen LogP contribution in [0.5, 0.6) is 0 Å². The number of carbonyl (C=O) groups is 1. The maximum atomic E-state index is 12.9. The highest BCUT2D eigenvalue weighted by Gasteiger charge is 2.30. The van der Waals surface area contributed by atoms with Gasteiger partial charge < -0.3 is 10.4 Å². The van der Waals surface area contributed by atoms with E-state index in [1.807, 2.05) is 0 Å². The zero-order chi connectivity index (χ0) is 15.2. The second-order valence-electron chi connectivity index (χ2n) is 6.13. The lowest BCUT2D eigenvalue weighted by molar-refractivity contribution is -0.144. The second-order valence-corrected chi connectivity index (χ2v) is 6.13. The van der Waals surface area contributed by atoms with Crippen LogP contribution in [0.15, 0.2) is 24.3 Å². The lowest BCUT2D eigenvalue weighted by atomic mass is 9.79. The molecule has 3 nitrogen and oxygen atoms in total. The molecule has 3 atom stereocenters. The van der Waals surface area contributed by atoms with Crippen molar-refractivity contribution < 1.29 is 14.3 Å². The molecule has 1 aromatic rings. The number of benzene rings is 1. The summed E-state index contributed by atoms with van der Waals surface area (Å²) in [6.07, 6.45) is 4.77. The van der Waals surface area contributed by atoms with Crippen molar-refractivity contribution in [3.05, 3.63) is 35.6 Å². The van der Waals surface area contributed by atoms with E-state index in [1.165, 1.54) is 12.1 Å². The predicted molar refractivity (Wildman–Crippen MR) is 80.7 cm³/mol. The Morgan fingerprint density at radius 3 is 2.67 bits per heavy atom. The first kappa shape index (κ1) is 16.0. The Hall–Kier alpha value is -1.42. The maximum absolute atomic E-state index is 12.9. The summed E-state index contributed by atoms with van der Waals surface area (Å²) in [5.41, 5.74) is 1.09. The summed E-state index contributed by atoms with van der Waals surface area (Å²) in [5, 5.41) is 12.7. The first-order valence-corrected chi connectivity index (χ1v) is 7.77. The molecule has 116 valence electrons. The van der Waals surface area contributed by atoms with Crippen LogP contribution < -0.4 is 5.32 Å². The standard InChI is InChI=1S/C17H24FNO2/c1-12(10-13-6-8-15(18)9-7-13)19-11-14-4-2-3-5-16(14)17(20)21/h6-9,12,14,16,19H,2-5,10-11H2,1H3,(H,20,21). The van der Waals surface area contributed by atoms with Crippen molar-refractivity contribution >= 4 is 5.97 Å². The summed E-state index contributed by atoms with van der Waals surface area (Å²) in [6, 6.07) is 6.81. The van der Waals surface area contributed by atoms with E-state index in [2.05, 4.69) is 12.2 Å². The van der Waals surface area contributed by atoms with Crippen LogP contribution in [0, 0.1) is 17.7 Å². The van der Waals surface area contributed by atoms with Crippen molar-refractivity contribution in [3.63, 3.8) is 0 Å². The molecule has 0 radical (unpaired) electrons. The monoisotopic (exact) mass is 293 g/mol. The third kappa shape index (κ3) is 4.81. The van der Waals surface area contributed by atoms with Crippen LogP contribution in [0.25, 0.3) is 0 Å². The summed E-state index contributed by atoms with van der Waals surface area (Å²) < 4.78 is 12.9. The lowest BCUT2D eigenvalue weighted by Gasteiger charge is -2.29. The van der Waals surface area contributed by atoms with E-state index in [-0.39, 0.29) is 23.7 Å². The fraction of sp³-hybridized carbons (Fsp3) is 0.588. The highest BCUT2D eigenvalue weighted by Crippen LogP contribution is 2.29. The largest absolute Gasteiger partial charge is 0.481 e. The molecule has 0 aliphatic heterocycles. The molecule has 1 aliphatic carbocycles. The van der Waals surface area contributed by atoms with Crippen molar-refractivity contribution in [1.82, 2.24) is 5.32 Å². The first-order valence-electron chi connectivity index (χ1n) is 7.77. The van der Waals surface area contributed by atoms with Gasteiger partial charge in [-0.15, -0.1) is 0 Å². The second kappa shape index (κ2) is 7.55. The molecule has 1 fully saturated rings. The Labute approximate surface area is 125 Å². The van der Waals surface area contributed by atoms with Crippen LogP contribution in [0.1, 0.15) is 38.2 Å². The average molecular weight is 293 g/mol. The number of rotatable bonds is 6. The van der Waals surface area contributed by atoms with Gasteiger partial charge in [0, 0.05) is 6.04 Å². The average Bonchev–Trinajstić information content (AvgIpc) is 2.48. The van der Waals surface area contributed by atoms with E-state index in [4.69, 9.17) is 0 Å². The van der Waals surface area contributed by atoms with E-state index in [9.17, 15) is 14.3 Å². The van der Waals surface area contributed by atoms with Gasteiger partial charge in [0.25, 0.3) is 0 Å². The van der Waals surface area contributed by atoms with Gasteiger partial charge in [-0.2, -0.15) is 0 Å². The van der Waals surface area contributed by atoms with E-state index in [0.29, 0.717) is 0 Å². The molecule has 3 unspecified atom stereocenters. The molecular weight excluding hydrogens is 269 g/mol. The fourth-order valence-corrected chi connectivity index (χ4v) is 3.18. The van der Waals surface area contributed by atoms with Gasteiger partial charge in [-0.3, -0.25) is 4.79 Å². The van der Waals surface area contributed by atoms with E-state index in [0.717, 1.165) is 44.2 Å². The summed E-state index contributed by atoms with van der Waals surface area (Å²) in [4.78, 5) is 11.3. The number of hydrogen-bond acceptors (Lipinski definition) is 2. The molecule has 0 bridgehead atoms. The molecule has 4 heteroatoms. The van der Waals surface area contributed by atoms with Gasteiger partial charge >= 0.3 is 5.97 Å². The number of aliphatic carboxylic acids is 1. The van der Waals surface area contributed by atoms with Crippen LogP contribution in [0.4, 0.5) is 4.39 Å². The zero-order valence-corrected chi connectivity index (χ0v) is 12.5. The van der Waals surface area contributed by atoms with Crippen molar-refractivity contribution in [2.24, 2.45) is 11.8 Å². The lowest BCUT2D eigenvalue weighted by Crippen LogP contribution is -2.38. The molecule has 0 spiro atoms. The smallest absolute Gasteiger partial charge is 0.306 e. The summed E-state index contributed by atoms with van der Waals surface area (Å²) in [7, 11) is 0. The fourth-order valence-electron chi connectivity index (χ4n) is 3.18. The van der Waals surface area contributed by atoms with Gasteiger partial charge in [-0.1, -0.05) is 25.0 Å². The first-order chi connectivity index (χ1) is 10.1. The van der Waals surface area contributed by atoms with Gasteiger partial charge in [0.1, 0.15) is 5.82 Å². The number of nitrogens with one attached hydrogen (secondary N) is 1. The van der Waals surface area contributed by atoms with Crippen molar-refractivity contribution in [2.75, 3.05) is 6.54 Å². The summed E-state index contributed by atoms with van der Waals surface area (Å²) >= 11 is 0. The van der Waals surface area contributed by atoms with E-state index >= 15 is 0 Å². The molecule has 0 amide bonds. The van der Waals surface area contributed by atoms with Crippen molar-refractivity contribution in [3.8, 4) is 0 Å². The Bertz CT molecular complexity index is 460. The van der Waals surface area contributed by atoms with Crippen LogP contribution in [0.3, 0.4) is 0 Å². The van der Waals surface area contributed by atoms with Crippen LogP contribution in [-0.2, 0) is 11.2 Å². The molecule has 0 aromatic heterocycles. The minimum atomic E-state index is -0.660. The number of carboxylic acids is 1. The summed E-state index contributed by atoms with van der Waals surface area (Å²) in [6.45, 7) is 2.83. The van der Waals surface area contributed by atoms with Gasteiger partial charge in [0.2, 0.25) is 0 Å². The van der Waals surface area contributed by atoms with Gasteiger partial charge in [0.15, 0.2) is 0 Å². The summed E-state index contributed by atoms with van der Waals surface area (Å²) in [5.74, 6) is -0.852. The van der Waals surface area contributed by atoms with Crippen molar-refractivity contribution in [1.29, 1.82) is 0 Å². The molecule has 0 heterocycles. The Morgan fingerprint density at radius 1 is 1.33 bits per heavy atom. The third-order valence-electron chi connectivity index (χ3n) is 4.41. The Balaban J connectivity index is 1.81. The van der Waals surface area contributed by atoms with Crippen LogP contribution >= 0.6 is 0 Å². The number of hydrogen-bond donors (Lipinski definition) is 2. The molecule has 2 N–H and O–H groups in total. The molecule has 1 aromatic carbocycles. The highest BCUT2D eigenvalue weighted by atomic mass is 19.1. The maximum Gasteiger partial charge on any atom is 0.306 e. The molecule has 0 saturated heterocycles. The topological polar surface area (TPSA) is 49.3 Å². The molecule has 1 saturated carbocycles. The predicted octanol–water partition coefficient (Wildman–Crippen LogP) is 3.24. The van der Waals surface area contributed by atoms with Crippen molar-refractivity contribution in [2.45, 2.75) is 45.1 Å².